The molecule has 4 nitrogen and oxygen atoms in total. The van der Waals surface area contributed by atoms with E-state index in [1.807, 2.05) is 7.05 Å². The van der Waals surface area contributed by atoms with Crippen LogP contribution in [-0.4, -0.2) is 43.5 Å². The number of hydrogen-bond donors (Lipinski definition) is 2. The predicted octanol–water partition coefficient (Wildman–Crippen LogP) is 1.86. The van der Waals surface area contributed by atoms with Crippen LogP contribution in [0.3, 0.4) is 0 Å². The molecule has 0 spiro atoms. The van der Waals surface area contributed by atoms with Gasteiger partial charge in [-0.15, -0.1) is 0 Å². The van der Waals surface area contributed by atoms with Crippen molar-refractivity contribution in [2.24, 2.45) is 0 Å². The molecule has 1 aromatic rings. The number of nitrogens with zero attached hydrogens (tertiary/aromatic N) is 1. The average Bonchev–Trinajstić information content (AvgIpc) is 2.55. The Morgan fingerprint density at radius 3 is 3.00 bits per heavy atom. The molecular formula is C18H27N3O. The van der Waals surface area contributed by atoms with E-state index in [0.29, 0.717) is 12.6 Å². The quantitative estimate of drug-likeness (QED) is 0.892. The van der Waals surface area contributed by atoms with Crippen LogP contribution in [0.4, 0.5) is 0 Å². The van der Waals surface area contributed by atoms with Crippen LogP contribution in [0.25, 0.3) is 0 Å². The minimum atomic E-state index is 0.165. The van der Waals surface area contributed by atoms with Crippen LogP contribution in [0, 0.1) is 0 Å². The van der Waals surface area contributed by atoms with E-state index in [1.54, 1.807) is 0 Å². The van der Waals surface area contributed by atoms with Crippen molar-refractivity contribution < 1.29 is 4.79 Å². The fourth-order valence-corrected chi connectivity index (χ4v) is 3.78. The van der Waals surface area contributed by atoms with Crippen molar-refractivity contribution in [3.63, 3.8) is 0 Å². The smallest absolute Gasteiger partial charge is 0.234 e. The van der Waals surface area contributed by atoms with E-state index in [1.165, 1.54) is 24.0 Å². The molecule has 1 aliphatic heterocycles. The Balaban J connectivity index is 1.56. The second kappa shape index (κ2) is 7.25. The minimum Gasteiger partial charge on any atom is -0.348 e. The molecule has 1 aromatic carbocycles. The SMILES string of the molecule is CNC1CCCN(CC(=O)NC2CCCc3ccccc32)C1. The zero-order chi connectivity index (χ0) is 15.4. The minimum absolute atomic E-state index is 0.165. The highest BCUT2D eigenvalue weighted by Crippen LogP contribution is 2.29. The molecular weight excluding hydrogens is 274 g/mol. The van der Waals surface area contributed by atoms with Crippen molar-refractivity contribution in [3.8, 4) is 0 Å². The number of likely N-dealkylation sites (N-methyl/N-ethyl adjacent to an activating group) is 1. The van der Waals surface area contributed by atoms with E-state index < -0.39 is 0 Å². The predicted molar refractivity (Wildman–Crippen MR) is 88.8 cm³/mol. The Kier molecular flexibility index (Phi) is 5.11. The van der Waals surface area contributed by atoms with Gasteiger partial charge in [-0.1, -0.05) is 24.3 Å². The van der Waals surface area contributed by atoms with Crippen molar-refractivity contribution in [1.82, 2.24) is 15.5 Å². The molecule has 2 N–H and O–H groups in total. The third kappa shape index (κ3) is 3.68. The molecule has 1 heterocycles. The fraction of sp³-hybridized carbons (Fsp3) is 0.611. The number of piperidine rings is 1. The van der Waals surface area contributed by atoms with Gasteiger partial charge < -0.3 is 10.6 Å². The van der Waals surface area contributed by atoms with E-state index in [4.69, 9.17) is 0 Å². The molecule has 0 radical (unpaired) electrons. The number of nitrogens with one attached hydrogen (secondary N) is 2. The number of benzene rings is 1. The monoisotopic (exact) mass is 301 g/mol. The molecule has 2 atom stereocenters. The topological polar surface area (TPSA) is 44.4 Å². The molecule has 0 aromatic heterocycles. The van der Waals surface area contributed by atoms with E-state index in [0.717, 1.165) is 32.4 Å². The highest BCUT2D eigenvalue weighted by atomic mass is 16.2. The number of carbonyl (C=O) groups excluding carboxylic acids is 1. The molecule has 1 amide bonds. The van der Waals surface area contributed by atoms with Gasteiger partial charge in [0.2, 0.25) is 5.91 Å². The lowest BCUT2D eigenvalue weighted by Crippen LogP contribution is -2.48. The summed E-state index contributed by atoms with van der Waals surface area (Å²) in [7, 11) is 2.01. The van der Waals surface area contributed by atoms with Gasteiger partial charge in [-0.05, 0) is 56.8 Å². The van der Waals surface area contributed by atoms with Gasteiger partial charge in [0.1, 0.15) is 0 Å². The first-order valence-electron chi connectivity index (χ1n) is 8.53. The second-order valence-corrected chi connectivity index (χ2v) is 6.57. The molecule has 2 aliphatic rings. The van der Waals surface area contributed by atoms with Gasteiger partial charge in [-0.2, -0.15) is 0 Å². The zero-order valence-electron chi connectivity index (χ0n) is 13.5. The Morgan fingerprint density at radius 2 is 2.14 bits per heavy atom. The maximum absolute atomic E-state index is 12.4. The van der Waals surface area contributed by atoms with Crippen LogP contribution in [0.1, 0.15) is 42.9 Å². The lowest BCUT2D eigenvalue weighted by atomic mass is 9.88. The van der Waals surface area contributed by atoms with Crippen LogP contribution in [0.2, 0.25) is 0 Å². The first-order valence-corrected chi connectivity index (χ1v) is 8.53. The highest BCUT2D eigenvalue weighted by Gasteiger charge is 2.24. The average molecular weight is 301 g/mol. The standard InChI is InChI=1S/C18H27N3O/c1-19-15-8-5-11-21(12-15)13-18(22)20-17-10-4-7-14-6-2-3-9-16(14)17/h2-3,6,9,15,17,19H,4-5,7-8,10-13H2,1H3,(H,20,22). The molecule has 120 valence electrons. The highest BCUT2D eigenvalue weighted by molar-refractivity contribution is 5.78. The van der Waals surface area contributed by atoms with Crippen molar-refractivity contribution in [3.05, 3.63) is 35.4 Å². The second-order valence-electron chi connectivity index (χ2n) is 6.57. The van der Waals surface area contributed by atoms with Crippen LogP contribution < -0.4 is 10.6 Å². The maximum Gasteiger partial charge on any atom is 0.234 e. The van der Waals surface area contributed by atoms with Gasteiger partial charge >= 0.3 is 0 Å². The summed E-state index contributed by atoms with van der Waals surface area (Å²) >= 11 is 0. The van der Waals surface area contributed by atoms with Crippen LogP contribution in [-0.2, 0) is 11.2 Å². The summed E-state index contributed by atoms with van der Waals surface area (Å²) in [6, 6.07) is 9.24. The van der Waals surface area contributed by atoms with Gasteiger partial charge in [0.25, 0.3) is 0 Å². The zero-order valence-corrected chi connectivity index (χ0v) is 13.5. The van der Waals surface area contributed by atoms with E-state index in [9.17, 15) is 4.79 Å². The molecule has 22 heavy (non-hydrogen) atoms. The number of amides is 1. The summed E-state index contributed by atoms with van der Waals surface area (Å²) in [5, 5.41) is 6.58. The largest absolute Gasteiger partial charge is 0.348 e. The summed E-state index contributed by atoms with van der Waals surface area (Å²) < 4.78 is 0. The third-order valence-corrected chi connectivity index (χ3v) is 4.99. The number of likely N-dealkylation sites (tertiary alicyclic amines) is 1. The molecule has 4 heteroatoms. The van der Waals surface area contributed by atoms with Gasteiger partial charge in [0, 0.05) is 12.6 Å². The van der Waals surface area contributed by atoms with E-state index >= 15 is 0 Å². The first-order chi connectivity index (χ1) is 10.8. The summed E-state index contributed by atoms with van der Waals surface area (Å²) in [4.78, 5) is 14.7. The summed E-state index contributed by atoms with van der Waals surface area (Å²) in [5.74, 6) is 0.165. The molecule has 1 aliphatic carbocycles. The van der Waals surface area contributed by atoms with Gasteiger partial charge in [-0.25, -0.2) is 0 Å². The summed E-state index contributed by atoms with van der Waals surface area (Å²) in [6.45, 7) is 2.54. The van der Waals surface area contributed by atoms with Crippen molar-refractivity contribution >= 4 is 5.91 Å². The summed E-state index contributed by atoms with van der Waals surface area (Å²) in [5.41, 5.74) is 2.71. The molecule has 2 unspecified atom stereocenters. The number of aryl methyl sites for hydroxylation is 1. The maximum atomic E-state index is 12.4. The normalized spacial score (nSPS) is 25.5. The van der Waals surface area contributed by atoms with Crippen molar-refractivity contribution in [2.75, 3.05) is 26.7 Å². The van der Waals surface area contributed by atoms with Gasteiger partial charge in [0.15, 0.2) is 0 Å². The molecule has 3 rings (SSSR count). The Labute approximate surface area is 133 Å². The van der Waals surface area contributed by atoms with Gasteiger partial charge in [0.05, 0.1) is 12.6 Å². The Morgan fingerprint density at radius 1 is 1.27 bits per heavy atom. The molecule has 1 saturated heterocycles. The van der Waals surface area contributed by atoms with Crippen LogP contribution in [0.15, 0.2) is 24.3 Å². The summed E-state index contributed by atoms with van der Waals surface area (Å²) in [6.07, 6.45) is 5.74. The number of rotatable bonds is 4. The fourth-order valence-electron chi connectivity index (χ4n) is 3.78. The van der Waals surface area contributed by atoms with E-state index in [-0.39, 0.29) is 11.9 Å². The van der Waals surface area contributed by atoms with E-state index in [2.05, 4.69) is 39.8 Å². The molecule has 0 bridgehead atoms. The third-order valence-electron chi connectivity index (χ3n) is 4.99. The lowest BCUT2D eigenvalue weighted by Gasteiger charge is -2.33. The first kappa shape index (κ1) is 15.5. The van der Waals surface area contributed by atoms with Crippen molar-refractivity contribution in [2.45, 2.75) is 44.2 Å². The number of carbonyl (C=O) groups is 1. The number of fused-ring (bicyclic) bond motifs is 1. The Hall–Kier alpha value is -1.39. The molecule has 1 fully saturated rings. The number of hydrogen-bond acceptors (Lipinski definition) is 3. The molecule has 0 saturated carbocycles. The van der Waals surface area contributed by atoms with Crippen molar-refractivity contribution in [1.29, 1.82) is 0 Å². The van der Waals surface area contributed by atoms with Crippen LogP contribution in [0.5, 0.6) is 0 Å². The lowest BCUT2D eigenvalue weighted by molar-refractivity contribution is -0.123. The van der Waals surface area contributed by atoms with Crippen LogP contribution >= 0.6 is 0 Å². The van der Waals surface area contributed by atoms with Gasteiger partial charge in [-0.3, -0.25) is 9.69 Å². The Bertz CT molecular complexity index is 517.